The molecule has 0 aliphatic rings. The first-order valence-electron chi connectivity index (χ1n) is 18.3. The lowest BCUT2D eigenvalue weighted by Gasteiger charge is -2.11. The van der Waals surface area contributed by atoms with Crippen LogP contribution >= 0.6 is 11.3 Å². The molecule has 6 aromatic rings. The predicted molar refractivity (Wildman–Crippen MR) is 233 cm³/mol. The lowest BCUT2D eigenvalue weighted by atomic mass is 9.93. The number of nitriles is 2. The van der Waals surface area contributed by atoms with Gasteiger partial charge in [-0.05, 0) is 74.4 Å². The molecule has 2 N–H and O–H groups in total. The highest BCUT2D eigenvalue weighted by Crippen LogP contribution is 2.44. The van der Waals surface area contributed by atoms with Gasteiger partial charge in [0.2, 0.25) is 0 Å². The van der Waals surface area contributed by atoms with Crippen molar-refractivity contribution in [1.29, 1.82) is 10.5 Å². The third-order valence-electron chi connectivity index (χ3n) is 8.07. The first-order valence-corrected chi connectivity index (χ1v) is 19.1. The fraction of sp³-hybridized carbons (Fsp3) is 0.208. The molecule has 4 heteroatoms. The number of allylic oxidation sites excluding steroid dienone is 5. The Balaban J connectivity index is 0.00000110. The van der Waals surface area contributed by atoms with Crippen molar-refractivity contribution in [2.75, 3.05) is 6.54 Å². The molecule has 52 heavy (non-hydrogen) atoms. The topological polar surface area (TPSA) is 73.6 Å². The van der Waals surface area contributed by atoms with E-state index in [9.17, 15) is 10.5 Å². The van der Waals surface area contributed by atoms with E-state index in [1.807, 2.05) is 80.5 Å². The second kappa shape index (κ2) is 21.6. The number of thiophene rings is 1. The van der Waals surface area contributed by atoms with Gasteiger partial charge in [-0.15, -0.1) is 11.3 Å². The van der Waals surface area contributed by atoms with Gasteiger partial charge in [0.05, 0.1) is 17.7 Å². The maximum atomic E-state index is 9.39. The minimum atomic E-state index is 0.345. The molecule has 1 heterocycles. The number of benzene rings is 5. The Labute approximate surface area is 316 Å². The summed E-state index contributed by atoms with van der Waals surface area (Å²) in [6, 6.07) is 38.6. The van der Waals surface area contributed by atoms with Crippen LogP contribution in [0.5, 0.6) is 0 Å². The summed E-state index contributed by atoms with van der Waals surface area (Å²) < 4.78 is 2.47. The number of hydrogen-bond donors (Lipinski definition) is 1. The summed E-state index contributed by atoms with van der Waals surface area (Å²) >= 11 is 1.81. The van der Waals surface area contributed by atoms with Gasteiger partial charge in [0, 0.05) is 32.3 Å². The SMILES string of the molecule is C=C/C(=C(\C)C#N)c1ccc(-c2cc3sc4cc(-c5ccc(/C(=C/CN)C(=C)C#N)cc5)ccc4c3c3ccccc23)cc1.CC.CC.CC.CC. The van der Waals surface area contributed by atoms with Crippen molar-refractivity contribution in [3.63, 3.8) is 0 Å². The van der Waals surface area contributed by atoms with Gasteiger partial charge in [-0.2, -0.15) is 10.5 Å². The molecule has 0 unspecified atom stereocenters. The first kappa shape index (κ1) is 42.6. The standard InChI is InChI=1S/C40H29N3S.4C2H6/c1-4-32(25(2)23-42)28-13-15-30(16-14-28)37-22-39-40(35-8-6-5-7-34(35)37)36-18-17-31(21-38(36)44-39)27-9-11-29(12-10-27)33(19-20-41)26(3)24-43;4*1-2/h4-19,21-22H,1,3,20,41H2,2H3;4*1-2H3/b32-25-,33-19+;;;;. The first-order chi connectivity index (χ1) is 25.5. The smallest absolute Gasteiger partial charge is 0.0991 e. The molecule has 5 aromatic carbocycles. The largest absolute Gasteiger partial charge is 0.327 e. The molecule has 0 aliphatic carbocycles. The average Bonchev–Trinajstić information content (AvgIpc) is 3.61. The molecule has 6 rings (SSSR count). The summed E-state index contributed by atoms with van der Waals surface area (Å²) in [5.74, 6) is 0. The van der Waals surface area contributed by atoms with Crippen LogP contribution in [0.15, 0.2) is 134 Å². The minimum Gasteiger partial charge on any atom is -0.327 e. The van der Waals surface area contributed by atoms with E-state index in [0.717, 1.165) is 39.0 Å². The minimum absolute atomic E-state index is 0.345. The highest BCUT2D eigenvalue weighted by atomic mass is 32.1. The number of rotatable bonds is 7. The van der Waals surface area contributed by atoms with Crippen molar-refractivity contribution in [3.05, 3.63) is 145 Å². The van der Waals surface area contributed by atoms with E-state index in [0.29, 0.717) is 17.7 Å². The van der Waals surface area contributed by atoms with Crippen LogP contribution in [0.3, 0.4) is 0 Å². The number of fused-ring (bicyclic) bond motifs is 5. The Morgan fingerprint density at radius 1 is 0.673 bits per heavy atom. The fourth-order valence-electron chi connectivity index (χ4n) is 5.87. The quantitative estimate of drug-likeness (QED) is 0.133. The van der Waals surface area contributed by atoms with Crippen molar-refractivity contribution in [3.8, 4) is 34.4 Å². The maximum Gasteiger partial charge on any atom is 0.0991 e. The van der Waals surface area contributed by atoms with E-state index < -0.39 is 0 Å². The van der Waals surface area contributed by atoms with Crippen LogP contribution in [0.4, 0.5) is 0 Å². The van der Waals surface area contributed by atoms with Crippen molar-refractivity contribution < 1.29 is 0 Å². The van der Waals surface area contributed by atoms with E-state index in [2.05, 4.69) is 110 Å². The van der Waals surface area contributed by atoms with Crippen LogP contribution in [-0.4, -0.2) is 6.54 Å². The molecule has 0 radical (unpaired) electrons. The summed E-state index contributed by atoms with van der Waals surface area (Å²) in [6.07, 6.45) is 3.58. The lowest BCUT2D eigenvalue weighted by Crippen LogP contribution is -1.97. The van der Waals surface area contributed by atoms with Crippen molar-refractivity contribution in [1.82, 2.24) is 0 Å². The molecule has 0 atom stereocenters. The van der Waals surface area contributed by atoms with Crippen LogP contribution in [0.25, 0.3) is 64.3 Å². The molecule has 0 bridgehead atoms. The van der Waals surface area contributed by atoms with Gasteiger partial charge < -0.3 is 5.73 Å². The van der Waals surface area contributed by atoms with Crippen LogP contribution in [0, 0.1) is 22.7 Å². The highest BCUT2D eigenvalue weighted by molar-refractivity contribution is 7.26. The molecule has 1 aromatic heterocycles. The third-order valence-corrected chi connectivity index (χ3v) is 9.17. The highest BCUT2D eigenvalue weighted by Gasteiger charge is 2.15. The predicted octanol–water partition coefficient (Wildman–Crippen LogP) is 14.6. The van der Waals surface area contributed by atoms with Gasteiger partial charge in [0.25, 0.3) is 0 Å². The van der Waals surface area contributed by atoms with Crippen LogP contribution in [-0.2, 0) is 0 Å². The molecule has 0 spiro atoms. The Bertz CT molecular complexity index is 2250. The summed E-state index contributed by atoms with van der Waals surface area (Å²) in [6.45, 7) is 25.9. The van der Waals surface area contributed by atoms with Crippen LogP contribution < -0.4 is 5.73 Å². The van der Waals surface area contributed by atoms with Crippen molar-refractivity contribution >= 4 is 53.4 Å². The van der Waals surface area contributed by atoms with Gasteiger partial charge in [-0.25, -0.2) is 0 Å². The zero-order valence-electron chi connectivity index (χ0n) is 32.4. The zero-order chi connectivity index (χ0) is 38.8. The number of nitrogens with zero attached hydrogens (tertiary/aromatic N) is 2. The van der Waals surface area contributed by atoms with E-state index >= 15 is 0 Å². The maximum absolute atomic E-state index is 9.39. The van der Waals surface area contributed by atoms with E-state index in [-0.39, 0.29) is 0 Å². The molecular weight excluding hydrogens is 651 g/mol. The van der Waals surface area contributed by atoms with E-state index in [1.165, 1.54) is 36.5 Å². The zero-order valence-corrected chi connectivity index (χ0v) is 33.2. The fourth-order valence-corrected chi connectivity index (χ4v) is 7.07. The Morgan fingerprint density at radius 3 is 1.79 bits per heavy atom. The third kappa shape index (κ3) is 9.22. The summed E-state index contributed by atoms with van der Waals surface area (Å²) in [5.41, 5.74) is 14.9. The van der Waals surface area contributed by atoms with E-state index in [4.69, 9.17) is 5.73 Å². The van der Waals surface area contributed by atoms with Crippen molar-refractivity contribution in [2.24, 2.45) is 5.73 Å². The Kier molecular flexibility index (Phi) is 17.7. The normalized spacial score (nSPS) is 10.7. The van der Waals surface area contributed by atoms with Crippen LogP contribution in [0.2, 0.25) is 0 Å². The molecule has 0 fully saturated rings. The molecule has 3 nitrogen and oxygen atoms in total. The monoisotopic (exact) mass is 703 g/mol. The summed E-state index contributed by atoms with van der Waals surface area (Å²) in [7, 11) is 0. The number of nitrogens with two attached hydrogens (primary N) is 1. The molecule has 0 saturated carbocycles. The van der Waals surface area contributed by atoms with Gasteiger partial charge in [-0.1, -0.05) is 166 Å². The Morgan fingerprint density at radius 2 is 1.23 bits per heavy atom. The van der Waals surface area contributed by atoms with Gasteiger partial charge in [0.15, 0.2) is 0 Å². The molecule has 0 aliphatic heterocycles. The van der Waals surface area contributed by atoms with Gasteiger partial charge >= 0.3 is 0 Å². The molecular formula is C48H53N3S. The molecule has 266 valence electrons. The van der Waals surface area contributed by atoms with Gasteiger partial charge in [-0.3, -0.25) is 0 Å². The van der Waals surface area contributed by atoms with E-state index in [1.54, 1.807) is 17.4 Å². The van der Waals surface area contributed by atoms with Crippen molar-refractivity contribution in [2.45, 2.75) is 62.3 Å². The Hall–Kier alpha value is -5.52. The molecule has 0 saturated heterocycles. The van der Waals surface area contributed by atoms with Crippen LogP contribution in [0.1, 0.15) is 73.4 Å². The second-order valence-corrected chi connectivity index (χ2v) is 11.7. The molecule has 0 amide bonds. The second-order valence-electron chi connectivity index (χ2n) is 10.6. The summed E-state index contributed by atoms with van der Waals surface area (Å²) in [5, 5.41) is 23.7. The number of hydrogen-bond acceptors (Lipinski definition) is 4. The summed E-state index contributed by atoms with van der Waals surface area (Å²) in [4.78, 5) is 0. The van der Waals surface area contributed by atoms with Gasteiger partial charge in [0.1, 0.15) is 0 Å². The average molecular weight is 704 g/mol. The lowest BCUT2D eigenvalue weighted by molar-refractivity contribution is 1.25.